The van der Waals surface area contributed by atoms with Gasteiger partial charge in [0.1, 0.15) is 18.2 Å². The van der Waals surface area contributed by atoms with Gasteiger partial charge in [-0.3, -0.25) is 0 Å². The largest absolute Gasteiger partial charge is 0.490 e. The summed E-state index contributed by atoms with van der Waals surface area (Å²) in [5.41, 5.74) is 0.762. The third-order valence-corrected chi connectivity index (χ3v) is 3.58. The molecule has 1 aromatic carbocycles. The average molecular weight is 371 g/mol. The molecule has 27 heavy (non-hydrogen) atoms. The summed E-state index contributed by atoms with van der Waals surface area (Å²) in [7, 11) is 0. The SMILES string of the molecule is CC(C)Oc1cc(F)ccc1COc1ccnn1-c1cc(C(=O)O)ccn1. The fourth-order valence-corrected chi connectivity index (χ4v) is 2.40. The van der Waals surface area contributed by atoms with Crippen molar-refractivity contribution in [3.8, 4) is 17.4 Å². The summed E-state index contributed by atoms with van der Waals surface area (Å²) in [5.74, 6) is -0.372. The summed E-state index contributed by atoms with van der Waals surface area (Å²) < 4.78 is 26.3. The van der Waals surface area contributed by atoms with Crippen molar-refractivity contribution in [2.24, 2.45) is 0 Å². The lowest BCUT2D eigenvalue weighted by molar-refractivity contribution is 0.0696. The van der Waals surface area contributed by atoms with Crippen LogP contribution in [-0.2, 0) is 6.61 Å². The maximum Gasteiger partial charge on any atom is 0.335 e. The minimum Gasteiger partial charge on any atom is -0.490 e. The van der Waals surface area contributed by atoms with Crippen molar-refractivity contribution in [3.63, 3.8) is 0 Å². The normalized spacial score (nSPS) is 10.8. The van der Waals surface area contributed by atoms with E-state index < -0.39 is 11.8 Å². The second-order valence-electron chi connectivity index (χ2n) is 6.00. The van der Waals surface area contributed by atoms with Crippen molar-refractivity contribution in [2.45, 2.75) is 26.6 Å². The van der Waals surface area contributed by atoms with Gasteiger partial charge in [-0.05, 0) is 38.1 Å². The Kier molecular flexibility index (Phi) is 5.35. The number of nitrogens with zero attached hydrogens (tertiary/aromatic N) is 3. The predicted molar refractivity (Wildman–Crippen MR) is 94.8 cm³/mol. The maximum atomic E-state index is 13.5. The quantitative estimate of drug-likeness (QED) is 0.684. The van der Waals surface area contributed by atoms with Crippen molar-refractivity contribution < 1.29 is 23.8 Å². The van der Waals surface area contributed by atoms with Crippen LogP contribution in [0.25, 0.3) is 5.82 Å². The number of carboxylic acids is 1. The van der Waals surface area contributed by atoms with Gasteiger partial charge in [0.2, 0.25) is 5.88 Å². The van der Waals surface area contributed by atoms with Gasteiger partial charge in [-0.2, -0.15) is 9.78 Å². The highest BCUT2D eigenvalue weighted by Crippen LogP contribution is 2.24. The number of carbonyl (C=O) groups is 1. The number of halogens is 1. The zero-order chi connectivity index (χ0) is 19.4. The molecule has 0 saturated heterocycles. The predicted octanol–water partition coefficient (Wildman–Crippen LogP) is 3.47. The Bertz CT molecular complexity index is 956. The van der Waals surface area contributed by atoms with Gasteiger partial charge in [0, 0.05) is 23.9 Å². The summed E-state index contributed by atoms with van der Waals surface area (Å²) in [5, 5.41) is 13.2. The minimum absolute atomic E-state index is 0.0904. The standard InChI is InChI=1S/C19H18FN3O4/c1-12(2)27-16-10-15(20)4-3-14(16)11-26-18-6-8-22-23(18)17-9-13(19(24)25)5-7-21-17/h3-10,12H,11H2,1-2H3,(H,24,25). The Hall–Kier alpha value is -3.42. The Morgan fingerprint density at radius 2 is 2.04 bits per heavy atom. The van der Waals surface area contributed by atoms with Crippen LogP contribution in [0.15, 0.2) is 48.8 Å². The number of pyridine rings is 1. The fraction of sp³-hybridized carbons (Fsp3) is 0.211. The van der Waals surface area contributed by atoms with Gasteiger partial charge in [0.25, 0.3) is 0 Å². The van der Waals surface area contributed by atoms with E-state index in [0.29, 0.717) is 23.0 Å². The van der Waals surface area contributed by atoms with Crippen molar-refractivity contribution in [1.82, 2.24) is 14.8 Å². The van der Waals surface area contributed by atoms with Crippen LogP contribution in [0, 0.1) is 5.82 Å². The number of ether oxygens (including phenoxy) is 2. The number of rotatable bonds is 7. The fourth-order valence-electron chi connectivity index (χ4n) is 2.40. The van der Waals surface area contributed by atoms with Crippen molar-refractivity contribution >= 4 is 5.97 Å². The van der Waals surface area contributed by atoms with Crippen molar-refractivity contribution in [2.75, 3.05) is 0 Å². The molecule has 0 aliphatic heterocycles. The number of benzene rings is 1. The highest BCUT2D eigenvalue weighted by Gasteiger charge is 2.13. The smallest absolute Gasteiger partial charge is 0.335 e. The molecule has 2 aromatic heterocycles. The second-order valence-corrected chi connectivity index (χ2v) is 6.00. The summed E-state index contributed by atoms with van der Waals surface area (Å²) in [6, 6.07) is 8.66. The van der Waals surface area contributed by atoms with E-state index in [4.69, 9.17) is 14.6 Å². The van der Waals surface area contributed by atoms with Crippen LogP contribution in [0.1, 0.15) is 29.8 Å². The average Bonchev–Trinajstić information content (AvgIpc) is 3.09. The van der Waals surface area contributed by atoms with Crippen LogP contribution < -0.4 is 9.47 Å². The van der Waals surface area contributed by atoms with Crippen LogP contribution in [0.2, 0.25) is 0 Å². The molecule has 0 bridgehead atoms. The van der Waals surface area contributed by atoms with E-state index in [9.17, 15) is 9.18 Å². The van der Waals surface area contributed by atoms with Crippen LogP contribution in [-0.4, -0.2) is 31.9 Å². The Balaban J connectivity index is 1.82. The molecule has 1 N–H and O–H groups in total. The van der Waals surface area contributed by atoms with Gasteiger partial charge in [-0.25, -0.2) is 14.2 Å². The molecule has 0 saturated carbocycles. The summed E-state index contributed by atoms with van der Waals surface area (Å²) in [6.07, 6.45) is 2.79. The summed E-state index contributed by atoms with van der Waals surface area (Å²) in [4.78, 5) is 15.3. The molecule has 2 heterocycles. The van der Waals surface area contributed by atoms with Crippen LogP contribution in [0.5, 0.6) is 11.6 Å². The van der Waals surface area contributed by atoms with Crippen molar-refractivity contribution in [3.05, 3.63) is 65.7 Å². The first-order valence-corrected chi connectivity index (χ1v) is 8.25. The molecule has 3 aromatic rings. The molecule has 0 fully saturated rings. The summed E-state index contributed by atoms with van der Waals surface area (Å²) in [6.45, 7) is 3.82. The van der Waals surface area contributed by atoms with Gasteiger partial charge >= 0.3 is 5.97 Å². The molecule has 0 spiro atoms. The van der Waals surface area contributed by atoms with Gasteiger partial charge in [0.15, 0.2) is 5.82 Å². The Morgan fingerprint density at radius 1 is 1.22 bits per heavy atom. The zero-order valence-corrected chi connectivity index (χ0v) is 14.8. The molecule has 0 aliphatic rings. The first kappa shape index (κ1) is 18.4. The van der Waals surface area contributed by atoms with Crippen LogP contribution in [0.4, 0.5) is 4.39 Å². The molecule has 8 heteroatoms. The third-order valence-electron chi connectivity index (χ3n) is 3.58. The van der Waals surface area contributed by atoms with Crippen LogP contribution >= 0.6 is 0 Å². The molecule has 0 atom stereocenters. The number of aromatic carboxylic acids is 1. The van der Waals surface area contributed by atoms with E-state index in [2.05, 4.69) is 10.1 Å². The van der Waals surface area contributed by atoms with E-state index >= 15 is 0 Å². The third kappa shape index (κ3) is 4.41. The first-order chi connectivity index (χ1) is 12.9. The molecule has 0 amide bonds. The van der Waals surface area contributed by atoms with Gasteiger partial charge < -0.3 is 14.6 Å². The number of carboxylic acid groups (broad SMARTS) is 1. The van der Waals surface area contributed by atoms with E-state index in [1.165, 1.54) is 41.3 Å². The Morgan fingerprint density at radius 3 is 2.78 bits per heavy atom. The lowest BCUT2D eigenvalue weighted by atomic mass is 10.2. The topological polar surface area (TPSA) is 86.5 Å². The van der Waals surface area contributed by atoms with Gasteiger partial charge in [0.05, 0.1) is 17.9 Å². The molecular formula is C19H18FN3O4. The Labute approximate surface area is 155 Å². The molecular weight excluding hydrogens is 353 g/mol. The van der Waals surface area contributed by atoms with E-state index in [0.717, 1.165) is 0 Å². The number of aromatic nitrogens is 3. The summed E-state index contributed by atoms with van der Waals surface area (Å²) >= 11 is 0. The molecule has 7 nitrogen and oxygen atoms in total. The molecule has 0 unspecified atom stereocenters. The molecule has 140 valence electrons. The van der Waals surface area contributed by atoms with E-state index in [1.54, 1.807) is 12.1 Å². The molecule has 3 rings (SSSR count). The van der Waals surface area contributed by atoms with Crippen molar-refractivity contribution in [1.29, 1.82) is 0 Å². The highest BCUT2D eigenvalue weighted by atomic mass is 19.1. The maximum absolute atomic E-state index is 13.5. The monoisotopic (exact) mass is 371 g/mol. The lowest BCUT2D eigenvalue weighted by Crippen LogP contribution is -2.10. The second kappa shape index (κ2) is 7.86. The zero-order valence-electron chi connectivity index (χ0n) is 14.8. The van der Waals surface area contributed by atoms with E-state index in [1.807, 2.05) is 13.8 Å². The lowest BCUT2D eigenvalue weighted by Gasteiger charge is -2.15. The van der Waals surface area contributed by atoms with Gasteiger partial charge in [-0.15, -0.1) is 0 Å². The number of hydrogen-bond acceptors (Lipinski definition) is 5. The highest BCUT2D eigenvalue weighted by molar-refractivity contribution is 5.87. The molecule has 0 radical (unpaired) electrons. The van der Waals surface area contributed by atoms with Crippen LogP contribution in [0.3, 0.4) is 0 Å². The minimum atomic E-state index is -1.06. The molecule has 0 aliphatic carbocycles. The number of hydrogen-bond donors (Lipinski definition) is 1. The van der Waals surface area contributed by atoms with E-state index in [-0.39, 0.29) is 18.3 Å². The van der Waals surface area contributed by atoms with Gasteiger partial charge in [-0.1, -0.05) is 0 Å². The first-order valence-electron chi connectivity index (χ1n) is 8.25.